The first-order valence-electron chi connectivity index (χ1n) is 5.32. The van der Waals surface area contributed by atoms with E-state index in [4.69, 9.17) is 9.47 Å². The molecule has 1 aromatic heterocycles. The Kier molecular flexibility index (Phi) is 2.01. The molecule has 1 aromatic carbocycles. The van der Waals surface area contributed by atoms with E-state index in [0.29, 0.717) is 35.8 Å². The monoisotopic (exact) mass is 233 g/mol. The molecule has 2 aromatic rings. The van der Waals surface area contributed by atoms with Gasteiger partial charge in [0.15, 0.2) is 11.5 Å². The Hall–Kier alpha value is -2.17. The summed E-state index contributed by atoms with van der Waals surface area (Å²) < 4.78 is 11.0. The maximum Gasteiger partial charge on any atom is 0.338 e. The molecule has 3 rings (SSSR count). The van der Waals surface area contributed by atoms with Gasteiger partial charge in [0.1, 0.15) is 13.2 Å². The van der Waals surface area contributed by atoms with Crippen LogP contribution in [0, 0.1) is 6.92 Å². The average molecular weight is 233 g/mol. The van der Waals surface area contributed by atoms with Crippen LogP contribution in [0.3, 0.4) is 0 Å². The third-order valence-corrected chi connectivity index (χ3v) is 2.87. The number of rotatable bonds is 1. The van der Waals surface area contributed by atoms with E-state index in [9.17, 15) is 9.90 Å². The van der Waals surface area contributed by atoms with Gasteiger partial charge in [-0.2, -0.15) is 0 Å². The van der Waals surface area contributed by atoms with Crippen LogP contribution >= 0.6 is 0 Å². The number of ether oxygens (including phenoxy) is 2. The van der Waals surface area contributed by atoms with E-state index in [1.807, 2.05) is 6.07 Å². The molecule has 0 fully saturated rings. The van der Waals surface area contributed by atoms with Crippen molar-refractivity contribution >= 4 is 16.9 Å². The van der Waals surface area contributed by atoms with Gasteiger partial charge in [0.25, 0.3) is 0 Å². The first-order chi connectivity index (χ1) is 8.18. The van der Waals surface area contributed by atoms with E-state index in [1.54, 1.807) is 13.0 Å². The van der Waals surface area contributed by atoms with Crippen LogP contribution < -0.4 is 9.47 Å². The Morgan fingerprint density at radius 3 is 2.88 bits per heavy atom. The van der Waals surface area contributed by atoms with Gasteiger partial charge in [-0.25, -0.2) is 4.79 Å². The molecule has 5 heteroatoms. The number of hydrogen-bond donors (Lipinski definition) is 2. The molecule has 5 nitrogen and oxygen atoms in total. The van der Waals surface area contributed by atoms with Gasteiger partial charge < -0.3 is 19.6 Å². The van der Waals surface area contributed by atoms with Gasteiger partial charge in [0.05, 0.1) is 16.5 Å². The highest BCUT2D eigenvalue weighted by Gasteiger charge is 2.23. The van der Waals surface area contributed by atoms with Crippen LogP contribution in [0.2, 0.25) is 0 Å². The number of hydrogen-bond acceptors (Lipinski definition) is 3. The van der Waals surface area contributed by atoms with Crippen molar-refractivity contribution in [3.8, 4) is 11.5 Å². The van der Waals surface area contributed by atoms with Crippen molar-refractivity contribution in [3.63, 3.8) is 0 Å². The van der Waals surface area contributed by atoms with E-state index in [0.717, 1.165) is 5.52 Å². The molecule has 0 saturated carbocycles. The molecule has 88 valence electrons. The van der Waals surface area contributed by atoms with Crippen LogP contribution in [0.5, 0.6) is 11.5 Å². The van der Waals surface area contributed by atoms with Gasteiger partial charge in [0, 0.05) is 5.69 Å². The minimum atomic E-state index is -0.962. The molecule has 17 heavy (non-hydrogen) atoms. The number of H-pyrrole nitrogens is 1. The number of fused-ring (bicyclic) bond motifs is 3. The maximum absolute atomic E-state index is 11.3. The number of aromatic amines is 1. The molecular formula is C12H11NO4. The molecule has 2 N–H and O–H groups in total. The summed E-state index contributed by atoms with van der Waals surface area (Å²) >= 11 is 0. The van der Waals surface area contributed by atoms with Crippen LogP contribution in [0.4, 0.5) is 0 Å². The summed E-state index contributed by atoms with van der Waals surface area (Å²) in [5, 5.41) is 9.83. The summed E-state index contributed by atoms with van der Waals surface area (Å²) in [7, 11) is 0. The second-order valence-corrected chi connectivity index (χ2v) is 3.94. The normalized spacial score (nSPS) is 13.9. The van der Waals surface area contributed by atoms with E-state index in [-0.39, 0.29) is 5.56 Å². The van der Waals surface area contributed by atoms with Gasteiger partial charge >= 0.3 is 5.97 Å². The summed E-state index contributed by atoms with van der Waals surface area (Å²) in [5.74, 6) is 0.164. The first-order valence-corrected chi connectivity index (χ1v) is 5.32. The fourth-order valence-corrected chi connectivity index (χ4v) is 2.19. The van der Waals surface area contributed by atoms with E-state index in [1.165, 1.54) is 0 Å². The van der Waals surface area contributed by atoms with E-state index >= 15 is 0 Å². The summed E-state index contributed by atoms with van der Waals surface area (Å²) in [5.41, 5.74) is 1.63. The number of aryl methyl sites for hydroxylation is 1. The number of aromatic carboxylic acids is 1. The van der Waals surface area contributed by atoms with Gasteiger partial charge in [-0.3, -0.25) is 0 Å². The van der Waals surface area contributed by atoms with Crippen molar-refractivity contribution in [1.29, 1.82) is 0 Å². The van der Waals surface area contributed by atoms with Crippen molar-refractivity contribution in [2.45, 2.75) is 6.92 Å². The highest BCUT2D eigenvalue weighted by Crippen LogP contribution is 2.40. The average Bonchev–Trinajstić information content (AvgIpc) is 2.65. The smallest absolute Gasteiger partial charge is 0.338 e. The van der Waals surface area contributed by atoms with Crippen LogP contribution in [0.25, 0.3) is 10.9 Å². The Morgan fingerprint density at radius 2 is 2.12 bits per heavy atom. The Balaban J connectivity index is 2.40. The van der Waals surface area contributed by atoms with E-state index in [2.05, 4.69) is 4.98 Å². The lowest BCUT2D eigenvalue weighted by Crippen LogP contribution is -2.15. The molecule has 0 amide bonds. The van der Waals surface area contributed by atoms with Crippen LogP contribution in [0.1, 0.15) is 16.1 Å². The Bertz CT molecular complexity index is 614. The van der Waals surface area contributed by atoms with Gasteiger partial charge in [-0.15, -0.1) is 0 Å². The zero-order chi connectivity index (χ0) is 12.0. The zero-order valence-electron chi connectivity index (χ0n) is 9.24. The second-order valence-electron chi connectivity index (χ2n) is 3.94. The van der Waals surface area contributed by atoms with E-state index < -0.39 is 5.97 Å². The number of carbonyl (C=O) groups is 1. The molecule has 0 unspecified atom stereocenters. The molecule has 0 spiro atoms. The maximum atomic E-state index is 11.3. The molecule has 0 saturated heterocycles. The molecule has 0 aliphatic carbocycles. The van der Waals surface area contributed by atoms with Crippen molar-refractivity contribution in [2.75, 3.05) is 13.2 Å². The number of benzene rings is 1. The summed E-state index contributed by atoms with van der Waals surface area (Å²) in [6.07, 6.45) is 0. The van der Waals surface area contributed by atoms with Crippen LogP contribution in [-0.2, 0) is 0 Å². The molecule has 2 heterocycles. The quantitative estimate of drug-likeness (QED) is 0.789. The molecule has 0 atom stereocenters. The fourth-order valence-electron chi connectivity index (χ4n) is 2.19. The standard InChI is InChI=1S/C12H11NO4/c1-6-9(12(14)15)10-7(13-6)2-3-8-11(10)17-5-4-16-8/h2-3,13H,4-5H2,1H3,(H,14,15). The lowest BCUT2D eigenvalue weighted by Gasteiger charge is -2.19. The van der Waals surface area contributed by atoms with Crippen molar-refractivity contribution in [2.24, 2.45) is 0 Å². The topological polar surface area (TPSA) is 71.6 Å². The largest absolute Gasteiger partial charge is 0.486 e. The lowest BCUT2D eigenvalue weighted by molar-refractivity contribution is 0.0698. The SMILES string of the molecule is Cc1[nH]c2ccc3c(c2c1C(=O)O)OCCO3. The second kappa shape index (κ2) is 3.41. The number of carboxylic acid groups (broad SMARTS) is 1. The lowest BCUT2D eigenvalue weighted by atomic mass is 10.1. The third-order valence-electron chi connectivity index (χ3n) is 2.87. The highest BCUT2D eigenvalue weighted by atomic mass is 16.6. The van der Waals surface area contributed by atoms with Gasteiger partial charge in [-0.1, -0.05) is 0 Å². The Morgan fingerprint density at radius 1 is 1.35 bits per heavy atom. The molecule has 0 bridgehead atoms. The van der Waals surface area contributed by atoms with Crippen LogP contribution in [-0.4, -0.2) is 29.3 Å². The highest BCUT2D eigenvalue weighted by molar-refractivity contribution is 6.08. The van der Waals surface area contributed by atoms with Crippen molar-refractivity contribution < 1.29 is 19.4 Å². The van der Waals surface area contributed by atoms with Crippen molar-refractivity contribution in [1.82, 2.24) is 4.98 Å². The predicted octanol–water partition coefficient (Wildman–Crippen LogP) is 1.95. The number of carboxylic acids is 1. The molecule has 1 aliphatic heterocycles. The molecule has 1 aliphatic rings. The summed E-state index contributed by atoms with van der Waals surface area (Å²) in [6.45, 7) is 2.67. The first kappa shape index (κ1) is 10.0. The third kappa shape index (κ3) is 1.35. The molecular weight excluding hydrogens is 222 g/mol. The minimum Gasteiger partial charge on any atom is -0.486 e. The van der Waals surface area contributed by atoms with Gasteiger partial charge in [-0.05, 0) is 19.1 Å². The predicted molar refractivity (Wildman–Crippen MR) is 61.0 cm³/mol. The fraction of sp³-hybridized carbons (Fsp3) is 0.250. The number of aromatic nitrogens is 1. The summed E-state index contributed by atoms with van der Waals surface area (Å²) in [4.78, 5) is 14.3. The van der Waals surface area contributed by atoms with Crippen LogP contribution in [0.15, 0.2) is 12.1 Å². The zero-order valence-corrected chi connectivity index (χ0v) is 9.24. The Labute approximate surface area is 97.0 Å². The van der Waals surface area contributed by atoms with Gasteiger partial charge in [0.2, 0.25) is 0 Å². The molecule has 0 radical (unpaired) electrons. The number of nitrogens with one attached hydrogen (secondary N) is 1. The minimum absolute atomic E-state index is 0.252. The van der Waals surface area contributed by atoms with Crippen molar-refractivity contribution in [3.05, 3.63) is 23.4 Å². The summed E-state index contributed by atoms with van der Waals surface area (Å²) in [6, 6.07) is 3.60.